The van der Waals surface area contributed by atoms with Gasteiger partial charge in [-0.3, -0.25) is 4.79 Å². The van der Waals surface area contributed by atoms with Crippen LogP contribution in [0.3, 0.4) is 0 Å². The zero-order valence-corrected chi connectivity index (χ0v) is 11.0. The molecule has 20 heavy (non-hydrogen) atoms. The van der Waals surface area contributed by atoms with Crippen molar-refractivity contribution in [1.29, 1.82) is 0 Å². The Bertz CT molecular complexity index is 634. The summed E-state index contributed by atoms with van der Waals surface area (Å²) in [6.07, 6.45) is 1.31. The summed E-state index contributed by atoms with van der Waals surface area (Å²) in [5.74, 6) is -1.10. The topological polar surface area (TPSA) is 81.9 Å². The summed E-state index contributed by atoms with van der Waals surface area (Å²) >= 11 is 5.70. The second-order valence-electron chi connectivity index (χ2n) is 3.94. The highest BCUT2D eigenvalue weighted by Gasteiger charge is 2.06. The van der Waals surface area contributed by atoms with Crippen molar-refractivity contribution < 1.29 is 15.0 Å². The summed E-state index contributed by atoms with van der Waals surface area (Å²) in [6.45, 7) is 0. The van der Waals surface area contributed by atoms with Crippen LogP contribution in [-0.4, -0.2) is 22.3 Å². The number of nitrogens with one attached hydrogen (secondary N) is 1. The van der Waals surface area contributed by atoms with Gasteiger partial charge in [-0.25, -0.2) is 5.43 Å². The molecule has 3 N–H and O–H groups in total. The van der Waals surface area contributed by atoms with Crippen LogP contribution in [0.1, 0.15) is 15.9 Å². The highest BCUT2D eigenvalue weighted by atomic mass is 35.5. The molecule has 0 aliphatic heterocycles. The normalized spacial score (nSPS) is 10.7. The van der Waals surface area contributed by atoms with Gasteiger partial charge in [0, 0.05) is 5.56 Å². The van der Waals surface area contributed by atoms with E-state index >= 15 is 0 Å². The molecule has 1 amide bonds. The van der Waals surface area contributed by atoms with Crippen LogP contribution in [0.4, 0.5) is 0 Å². The number of hydrazone groups is 1. The molecular formula is C14H11ClN2O3. The maximum atomic E-state index is 11.7. The number of rotatable bonds is 3. The van der Waals surface area contributed by atoms with Gasteiger partial charge in [0.15, 0.2) is 11.5 Å². The number of nitrogens with zero attached hydrogens (tertiary/aromatic N) is 1. The van der Waals surface area contributed by atoms with Gasteiger partial charge in [-0.15, -0.1) is 0 Å². The molecule has 0 aliphatic carbocycles. The maximum absolute atomic E-state index is 11.7. The summed E-state index contributed by atoms with van der Waals surface area (Å²) < 4.78 is 0. The number of hydrogen-bond acceptors (Lipinski definition) is 4. The van der Waals surface area contributed by atoms with E-state index in [-0.39, 0.29) is 16.7 Å². The third kappa shape index (κ3) is 3.27. The monoisotopic (exact) mass is 290 g/mol. The van der Waals surface area contributed by atoms with Crippen LogP contribution in [0.2, 0.25) is 5.02 Å². The number of aromatic hydroxyl groups is 2. The van der Waals surface area contributed by atoms with Gasteiger partial charge in [0.25, 0.3) is 5.91 Å². The first-order chi connectivity index (χ1) is 9.58. The van der Waals surface area contributed by atoms with Crippen LogP contribution in [-0.2, 0) is 0 Å². The van der Waals surface area contributed by atoms with E-state index in [1.165, 1.54) is 18.3 Å². The van der Waals surface area contributed by atoms with E-state index in [1.54, 1.807) is 30.3 Å². The van der Waals surface area contributed by atoms with Crippen LogP contribution < -0.4 is 5.43 Å². The summed E-state index contributed by atoms with van der Waals surface area (Å²) in [5, 5.41) is 22.4. The Morgan fingerprint density at radius 2 is 1.90 bits per heavy atom. The Balaban J connectivity index is 2.06. The molecular weight excluding hydrogens is 280 g/mol. The van der Waals surface area contributed by atoms with Crippen molar-refractivity contribution in [3.8, 4) is 11.5 Å². The van der Waals surface area contributed by atoms with Crippen LogP contribution in [0.5, 0.6) is 11.5 Å². The Labute approximate surface area is 120 Å². The minimum atomic E-state index is -0.392. The van der Waals surface area contributed by atoms with Crippen molar-refractivity contribution in [3.05, 3.63) is 58.6 Å². The Kier molecular flexibility index (Phi) is 4.22. The lowest BCUT2D eigenvalue weighted by atomic mass is 10.2. The zero-order chi connectivity index (χ0) is 14.5. The molecule has 0 atom stereocenters. The van der Waals surface area contributed by atoms with Gasteiger partial charge >= 0.3 is 0 Å². The second-order valence-corrected chi connectivity index (χ2v) is 4.34. The molecule has 0 saturated carbocycles. The first-order valence-corrected chi connectivity index (χ1v) is 6.05. The molecule has 6 heteroatoms. The number of carbonyl (C=O) groups excluding carboxylic acids is 1. The third-order valence-corrected chi connectivity index (χ3v) is 2.77. The predicted molar refractivity (Wildman–Crippen MR) is 76.3 cm³/mol. The molecule has 0 spiro atoms. The summed E-state index contributed by atoms with van der Waals surface area (Å²) in [4.78, 5) is 11.7. The molecule has 0 aromatic heterocycles. The Morgan fingerprint density at radius 1 is 1.20 bits per heavy atom. The number of benzene rings is 2. The minimum absolute atomic E-state index is 0.000774. The maximum Gasteiger partial charge on any atom is 0.271 e. The van der Waals surface area contributed by atoms with Gasteiger partial charge in [0.2, 0.25) is 0 Å². The van der Waals surface area contributed by atoms with Crippen LogP contribution >= 0.6 is 11.6 Å². The second kappa shape index (κ2) is 6.08. The molecule has 0 bridgehead atoms. The van der Waals surface area contributed by atoms with Crippen molar-refractivity contribution in [2.75, 3.05) is 0 Å². The summed E-state index contributed by atoms with van der Waals surface area (Å²) in [6, 6.07) is 11.3. The lowest BCUT2D eigenvalue weighted by Crippen LogP contribution is -2.17. The van der Waals surface area contributed by atoms with Gasteiger partial charge in [-0.1, -0.05) is 29.8 Å². The number of halogens is 1. The quantitative estimate of drug-likeness (QED) is 0.461. The van der Waals surface area contributed by atoms with Crippen molar-refractivity contribution in [1.82, 2.24) is 5.43 Å². The van der Waals surface area contributed by atoms with Crippen molar-refractivity contribution >= 4 is 23.7 Å². The van der Waals surface area contributed by atoms with E-state index in [2.05, 4.69) is 10.5 Å². The first-order valence-electron chi connectivity index (χ1n) is 5.68. The molecule has 0 aliphatic rings. The lowest BCUT2D eigenvalue weighted by Gasteiger charge is -2.02. The highest BCUT2D eigenvalue weighted by molar-refractivity contribution is 6.32. The van der Waals surface area contributed by atoms with E-state index in [4.69, 9.17) is 11.6 Å². The SMILES string of the molecule is O=C(N/N=C/c1cc(O)c(O)c(Cl)c1)c1ccccc1. The van der Waals surface area contributed by atoms with Gasteiger partial charge in [-0.05, 0) is 29.8 Å². The number of hydrogen-bond donors (Lipinski definition) is 3. The van der Waals surface area contributed by atoms with Gasteiger partial charge in [0.1, 0.15) is 0 Å². The van der Waals surface area contributed by atoms with E-state index in [1.807, 2.05) is 0 Å². The molecule has 0 fully saturated rings. The zero-order valence-electron chi connectivity index (χ0n) is 10.2. The van der Waals surface area contributed by atoms with E-state index in [0.29, 0.717) is 11.1 Å². The molecule has 0 heterocycles. The van der Waals surface area contributed by atoms with Crippen molar-refractivity contribution in [2.45, 2.75) is 0 Å². The predicted octanol–water partition coefficient (Wildman–Crippen LogP) is 2.52. The van der Waals surface area contributed by atoms with Gasteiger partial charge in [0.05, 0.1) is 11.2 Å². The van der Waals surface area contributed by atoms with E-state index in [9.17, 15) is 15.0 Å². The third-order valence-electron chi connectivity index (χ3n) is 2.48. The molecule has 2 aromatic carbocycles. The standard InChI is InChI=1S/C14H11ClN2O3/c15-11-6-9(7-12(18)13(11)19)8-16-17-14(20)10-4-2-1-3-5-10/h1-8,18-19H,(H,17,20)/b16-8+. The molecule has 2 aromatic rings. The average molecular weight is 291 g/mol. The van der Waals surface area contributed by atoms with Crippen LogP contribution in [0.25, 0.3) is 0 Å². The lowest BCUT2D eigenvalue weighted by molar-refractivity contribution is 0.0955. The minimum Gasteiger partial charge on any atom is -0.504 e. The average Bonchev–Trinajstić information content (AvgIpc) is 2.45. The number of carbonyl (C=O) groups is 1. The molecule has 5 nitrogen and oxygen atoms in total. The fraction of sp³-hybridized carbons (Fsp3) is 0. The fourth-order valence-electron chi connectivity index (χ4n) is 1.50. The highest BCUT2D eigenvalue weighted by Crippen LogP contribution is 2.33. The van der Waals surface area contributed by atoms with E-state index < -0.39 is 5.75 Å². The largest absolute Gasteiger partial charge is 0.504 e. The van der Waals surface area contributed by atoms with Crippen molar-refractivity contribution in [3.63, 3.8) is 0 Å². The molecule has 0 saturated heterocycles. The van der Waals surface area contributed by atoms with Gasteiger partial charge in [-0.2, -0.15) is 5.10 Å². The number of amides is 1. The van der Waals surface area contributed by atoms with E-state index in [0.717, 1.165) is 0 Å². The van der Waals surface area contributed by atoms with Crippen LogP contribution in [0, 0.1) is 0 Å². The molecule has 2 rings (SSSR count). The molecule has 102 valence electrons. The number of phenolic OH excluding ortho intramolecular Hbond substituents is 2. The first kappa shape index (κ1) is 13.9. The fourth-order valence-corrected chi connectivity index (χ4v) is 1.72. The summed E-state index contributed by atoms with van der Waals surface area (Å²) in [5.41, 5.74) is 3.27. The Morgan fingerprint density at radius 3 is 2.55 bits per heavy atom. The molecule has 0 radical (unpaired) electrons. The van der Waals surface area contributed by atoms with Gasteiger partial charge < -0.3 is 10.2 Å². The smallest absolute Gasteiger partial charge is 0.271 e. The Hall–Kier alpha value is -2.53. The number of phenols is 2. The summed E-state index contributed by atoms with van der Waals surface area (Å²) in [7, 11) is 0. The van der Waals surface area contributed by atoms with Crippen molar-refractivity contribution in [2.24, 2.45) is 5.10 Å². The molecule has 0 unspecified atom stereocenters. The van der Waals surface area contributed by atoms with Crippen LogP contribution in [0.15, 0.2) is 47.6 Å².